The van der Waals surface area contributed by atoms with E-state index >= 15 is 0 Å². The molecule has 0 spiro atoms. The minimum absolute atomic E-state index is 0.169. The molecule has 3 rings (SSSR count). The summed E-state index contributed by atoms with van der Waals surface area (Å²) in [5, 5.41) is 8.47. The molecule has 0 radical (unpaired) electrons. The standard InChI is InChI=1S/C29H35N5O4/c30-18-6-4-10-27(35)32-22-14-17-26(34-28(36)11-5-7-19-31)25(20-22)29(37)33-21-12-15-24(16-13-21)38-23-8-2-1-3-9-23/h1-3,8-9,12-17,20H,4-7,10-11,18-19,30-31H2,(H,32,35)(H,33,37)(H,34,36). The number of unbranched alkanes of at least 4 members (excludes halogenated alkanes) is 2. The Morgan fingerprint density at radius 1 is 0.632 bits per heavy atom. The molecule has 0 bridgehead atoms. The van der Waals surface area contributed by atoms with Crippen LogP contribution in [0.3, 0.4) is 0 Å². The molecule has 3 aromatic carbocycles. The predicted octanol–water partition coefficient (Wildman–Crippen LogP) is 4.87. The summed E-state index contributed by atoms with van der Waals surface area (Å²) in [6, 6.07) is 21.2. The summed E-state index contributed by atoms with van der Waals surface area (Å²) in [7, 11) is 0. The number of para-hydroxylation sites is 1. The number of amides is 3. The number of nitrogens with two attached hydrogens (primary N) is 2. The molecular weight excluding hydrogens is 482 g/mol. The van der Waals surface area contributed by atoms with Gasteiger partial charge in [0.25, 0.3) is 5.91 Å². The topological polar surface area (TPSA) is 149 Å². The number of nitrogens with one attached hydrogen (secondary N) is 3. The minimum Gasteiger partial charge on any atom is -0.457 e. The van der Waals surface area contributed by atoms with Crippen molar-refractivity contribution in [2.45, 2.75) is 38.5 Å². The smallest absolute Gasteiger partial charge is 0.257 e. The molecule has 9 heteroatoms. The van der Waals surface area contributed by atoms with E-state index in [1.54, 1.807) is 42.5 Å². The van der Waals surface area contributed by atoms with Gasteiger partial charge >= 0.3 is 0 Å². The van der Waals surface area contributed by atoms with Crippen molar-refractivity contribution in [2.24, 2.45) is 11.5 Å². The molecule has 200 valence electrons. The van der Waals surface area contributed by atoms with Crippen LogP contribution in [0.2, 0.25) is 0 Å². The summed E-state index contributed by atoms with van der Waals surface area (Å²) in [6.45, 7) is 1.03. The monoisotopic (exact) mass is 517 g/mol. The van der Waals surface area contributed by atoms with E-state index in [0.29, 0.717) is 67.3 Å². The molecule has 0 aliphatic heterocycles. The summed E-state index contributed by atoms with van der Waals surface area (Å²) >= 11 is 0. The maximum absolute atomic E-state index is 13.3. The lowest BCUT2D eigenvalue weighted by molar-refractivity contribution is -0.117. The molecule has 9 nitrogen and oxygen atoms in total. The highest BCUT2D eigenvalue weighted by Crippen LogP contribution is 2.25. The minimum atomic E-state index is -0.432. The van der Waals surface area contributed by atoms with Crippen molar-refractivity contribution in [1.29, 1.82) is 0 Å². The fourth-order valence-corrected chi connectivity index (χ4v) is 3.64. The zero-order chi connectivity index (χ0) is 27.2. The van der Waals surface area contributed by atoms with Gasteiger partial charge in [0.1, 0.15) is 11.5 Å². The lowest BCUT2D eigenvalue weighted by Gasteiger charge is -2.14. The van der Waals surface area contributed by atoms with Crippen LogP contribution < -0.4 is 32.2 Å². The van der Waals surface area contributed by atoms with E-state index in [2.05, 4.69) is 16.0 Å². The number of carbonyl (C=O) groups excluding carboxylic acids is 3. The van der Waals surface area contributed by atoms with Crippen LogP contribution in [0, 0.1) is 0 Å². The molecule has 7 N–H and O–H groups in total. The maximum Gasteiger partial charge on any atom is 0.257 e. The van der Waals surface area contributed by atoms with Crippen LogP contribution in [0.5, 0.6) is 11.5 Å². The van der Waals surface area contributed by atoms with E-state index in [-0.39, 0.29) is 17.4 Å². The highest BCUT2D eigenvalue weighted by molar-refractivity contribution is 6.11. The lowest BCUT2D eigenvalue weighted by atomic mass is 10.1. The Morgan fingerprint density at radius 3 is 1.84 bits per heavy atom. The molecule has 0 aromatic heterocycles. The average Bonchev–Trinajstić information content (AvgIpc) is 2.91. The number of hydrogen-bond acceptors (Lipinski definition) is 6. The highest BCUT2D eigenvalue weighted by Gasteiger charge is 2.16. The highest BCUT2D eigenvalue weighted by atomic mass is 16.5. The Labute approximate surface area is 222 Å². The van der Waals surface area contributed by atoms with Gasteiger partial charge in [-0.3, -0.25) is 14.4 Å². The van der Waals surface area contributed by atoms with E-state index < -0.39 is 5.91 Å². The maximum atomic E-state index is 13.3. The van der Waals surface area contributed by atoms with Gasteiger partial charge in [-0.15, -0.1) is 0 Å². The van der Waals surface area contributed by atoms with Crippen molar-refractivity contribution in [2.75, 3.05) is 29.0 Å². The van der Waals surface area contributed by atoms with Gasteiger partial charge in [0.05, 0.1) is 11.3 Å². The molecule has 0 aliphatic carbocycles. The second-order valence-electron chi connectivity index (χ2n) is 8.74. The first-order chi connectivity index (χ1) is 18.5. The van der Waals surface area contributed by atoms with Gasteiger partial charge in [0.15, 0.2) is 0 Å². The van der Waals surface area contributed by atoms with E-state index in [0.717, 1.165) is 12.8 Å². The Morgan fingerprint density at radius 2 is 1.21 bits per heavy atom. The van der Waals surface area contributed by atoms with Gasteiger partial charge in [-0.2, -0.15) is 0 Å². The number of carbonyl (C=O) groups is 3. The van der Waals surface area contributed by atoms with Gasteiger partial charge in [0.2, 0.25) is 11.8 Å². The third kappa shape index (κ3) is 9.34. The van der Waals surface area contributed by atoms with Gasteiger partial charge < -0.3 is 32.2 Å². The average molecular weight is 518 g/mol. The Balaban J connectivity index is 1.73. The molecule has 0 heterocycles. The number of rotatable bonds is 14. The van der Waals surface area contributed by atoms with Crippen LogP contribution in [0.15, 0.2) is 72.8 Å². The van der Waals surface area contributed by atoms with Crippen molar-refractivity contribution in [3.8, 4) is 11.5 Å². The third-order valence-corrected chi connectivity index (χ3v) is 5.63. The molecule has 0 atom stereocenters. The number of hydrogen-bond donors (Lipinski definition) is 5. The molecule has 3 aromatic rings. The van der Waals surface area contributed by atoms with E-state index in [9.17, 15) is 14.4 Å². The summed E-state index contributed by atoms with van der Waals surface area (Å²) < 4.78 is 5.80. The number of benzene rings is 3. The fourth-order valence-electron chi connectivity index (χ4n) is 3.64. The number of anilines is 3. The second kappa shape index (κ2) is 15.1. The van der Waals surface area contributed by atoms with Gasteiger partial charge in [-0.25, -0.2) is 0 Å². The van der Waals surface area contributed by atoms with Crippen molar-refractivity contribution >= 4 is 34.8 Å². The fraction of sp³-hybridized carbons (Fsp3) is 0.276. The molecule has 0 saturated carbocycles. The summed E-state index contributed by atoms with van der Waals surface area (Å²) in [5.41, 5.74) is 12.6. The van der Waals surface area contributed by atoms with Crippen molar-refractivity contribution in [3.63, 3.8) is 0 Å². The molecule has 0 saturated heterocycles. The van der Waals surface area contributed by atoms with Gasteiger partial charge in [0, 0.05) is 24.2 Å². The van der Waals surface area contributed by atoms with E-state index in [4.69, 9.17) is 16.2 Å². The van der Waals surface area contributed by atoms with Crippen LogP contribution in [-0.4, -0.2) is 30.8 Å². The SMILES string of the molecule is NCCCCC(=O)Nc1ccc(NC(=O)CCCCN)c(C(=O)Nc2ccc(Oc3ccccc3)cc2)c1. The molecule has 38 heavy (non-hydrogen) atoms. The molecule has 0 aliphatic rings. The summed E-state index contributed by atoms with van der Waals surface area (Å²) in [6.07, 6.45) is 3.44. The normalized spacial score (nSPS) is 10.5. The van der Waals surface area contributed by atoms with Crippen molar-refractivity contribution in [3.05, 3.63) is 78.4 Å². The first-order valence-corrected chi connectivity index (χ1v) is 12.8. The first-order valence-electron chi connectivity index (χ1n) is 12.8. The number of ether oxygens (including phenoxy) is 1. The summed E-state index contributed by atoms with van der Waals surface area (Å²) in [5.74, 6) is 0.515. The zero-order valence-corrected chi connectivity index (χ0v) is 21.4. The molecule has 0 fully saturated rings. The lowest BCUT2D eigenvalue weighted by Crippen LogP contribution is -2.19. The van der Waals surface area contributed by atoms with Crippen LogP contribution >= 0.6 is 0 Å². The van der Waals surface area contributed by atoms with E-state index in [1.165, 1.54) is 0 Å². The van der Waals surface area contributed by atoms with Crippen LogP contribution in [0.25, 0.3) is 0 Å². The largest absolute Gasteiger partial charge is 0.457 e. The molecule has 3 amide bonds. The van der Waals surface area contributed by atoms with Crippen LogP contribution in [0.4, 0.5) is 17.1 Å². The Kier molecular flexibility index (Phi) is 11.3. The zero-order valence-electron chi connectivity index (χ0n) is 21.4. The molecular formula is C29H35N5O4. The van der Waals surface area contributed by atoms with Crippen molar-refractivity contribution in [1.82, 2.24) is 0 Å². The molecule has 0 unspecified atom stereocenters. The van der Waals surface area contributed by atoms with Gasteiger partial charge in [-0.1, -0.05) is 18.2 Å². The van der Waals surface area contributed by atoms with Crippen LogP contribution in [-0.2, 0) is 9.59 Å². The Bertz CT molecular complexity index is 1200. The van der Waals surface area contributed by atoms with Gasteiger partial charge in [-0.05, 0) is 93.4 Å². The summed E-state index contributed by atoms with van der Waals surface area (Å²) in [4.78, 5) is 38.0. The third-order valence-electron chi connectivity index (χ3n) is 5.63. The second-order valence-corrected chi connectivity index (χ2v) is 8.74. The van der Waals surface area contributed by atoms with E-state index in [1.807, 2.05) is 30.3 Å². The van der Waals surface area contributed by atoms with Crippen LogP contribution in [0.1, 0.15) is 48.9 Å². The first kappa shape index (κ1) is 28.4. The quantitative estimate of drug-likeness (QED) is 0.193. The van der Waals surface area contributed by atoms with Crippen molar-refractivity contribution < 1.29 is 19.1 Å². The predicted molar refractivity (Wildman–Crippen MR) is 150 cm³/mol. The Hall–Kier alpha value is -4.21.